The SMILES string of the molecule is Cc1noc(C)c1CC(=O)NCc1ccc(N2CCOCC2)nc1. The molecule has 0 unspecified atom stereocenters. The van der Waals surface area contributed by atoms with E-state index in [9.17, 15) is 4.79 Å². The molecule has 24 heavy (non-hydrogen) atoms. The highest BCUT2D eigenvalue weighted by Crippen LogP contribution is 2.14. The zero-order valence-electron chi connectivity index (χ0n) is 14.0. The summed E-state index contributed by atoms with van der Waals surface area (Å²) in [6, 6.07) is 3.98. The standard InChI is InChI=1S/C17H22N4O3/c1-12-15(13(2)24-20-12)9-17(22)19-11-14-3-4-16(18-10-14)21-5-7-23-8-6-21/h3-4,10H,5-9,11H2,1-2H3,(H,19,22). The maximum absolute atomic E-state index is 12.1. The molecule has 0 saturated carbocycles. The zero-order valence-corrected chi connectivity index (χ0v) is 14.0. The Kier molecular flexibility index (Phi) is 5.10. The molecule has 3 rings (SSSR count). The van der Waals surface area contributed by atoms with Gasteiger partial charge in [-0.05, 0) is 25.5 Å². The maximum Gasteiger partial charge on any atom is 0.224 e. The van der Waals surface area contributed by atoms with Crippen LogP contribution in [-0.4, -0.2) is 42.4 Å². The van der Waals surface area contributed by atoms with Gasteiger partial charge in [0.05, 0.1) is 25.3 Å². The van der Waals surface area contributed by atoms with Crippen LogP contribution in [0.25, 0.3) is 0 Å². The fraction of sp³-hybridized carbons (Fsp3) is 0.471. The van der Waals surface area contributed by atoms with Gasteiger partial charge in [0.1, 0.15) is 11.6 Å². The fourth-order valence-electron chi connectivity index (χ4n) is 2.68. The minimum Gasteiger partial charge on any atom is -0.378 e. The van der Waals surface area contributed by atoms with Gasteiger partial charge in [-0.15, -0.1) is 0 Å². The fourth-order valence-corrected chi connectivity index (χ4v) is 2.68. The molecule has 2 aromatic rings. The van der Waals surface area contributed by atoms with Crippen molar-refractivity contribution in [3.8, 4) is 0 Å². The average molecular weight is 330 g/mol. The normalized spacial score (nSPS) is 14.7. The van der Waals surface area contributed by atoms with Gasteiger partial charge in [0, 0.05) is 31.4 Å². The lowest BCUT2D eigenvalue weighted by molar-refractivity contribution is -0.120. The van der Waals surface area contributed by atoms with Gasteiger partial charge in [0.2, 0.25) is 5.91 Å². The van der Waals surface area contributed by atoms with Crippen LogP contribution in [0.5, 0.6) is 0 Å². The second-order valence-electron chi connectivity index (χ2n) is 5.88. The first-order valence-corrected chi connectivity index (χ1v) is 8.09. The molecular formula is C17H22N4O3. The molecule has 1 saturated heterocycles. The summed E-state index contributed by atoms with van der Waals surface area (Å²) >= 11 is 0. The quantitative estimate of drug-likeness (QED) is 0.892. The van der Waals surface area contributed by atoms with Crippen LogP contribution in [0, 0.1) is 13.8 Å². The number of carbonyl (C=O) groups excluding carboxylic acids is 1. The summed E-state index contributed by atoms with van der Waals surface area (Å²) in [6.45, 7) is 7.31. The average Bonchev–Trinajstić information content (AvgIpc) is 2.93. The first kappa shape index (κ1) is 16.4. The second kappa shape index (κ2) is 7.44. The van der Waals surface area contributed by atoms with Crippen LogP contribution in [0.4, 0.5) is 5.82 Å². The van der Waals surface area contributed by atoms with Gasteiger partial charge >= 0.3 is 0 Å². The maximum atomic E-state index is 12.1. The molecule has 0 aliphatic carbocycles. The van der Waals surface area contributed by atoms with Crippen molar-refractivity contribution in [3.05, 3.63) is 40.9 Å². The van der Waals surface area contributed by atoms with Crippen molar-refractivity contribution in [1.82, 2.24) is 15.5 Å². The lowest BCUT2D eigenvalue weighted by atomic mass is 10.1. The summed E-state index contributed by atoms with van der Waals surface area (Å²) in [5, 5.41) is 6.77. The molecular weight excluding hydrogens is 308 g/mol. The molecule has 0 atom stereocenters. The molecule has 128 valence electrons. The van der Waals surface area contributed by atoms with Crippen LogP contribution in [-0.2, 0) is 22.5 Å². The van der Waals surface area contributed by atoms with Gasteiger partial charge in [-0.3, -0.25) is 4.79 Å². The summed E-state index contributed by atoms with van der Waals surface area (Å²) in [5.41, 5.74) is 2.59. The minimum atomic E-state index is -0.0540. The molecule has 0 radical (unpaired) electrons. The van der Waals surface area contributed by atoms with Crippen molar-refractivity contribution >= 4 is 11.7 Å². The topological polar surface area (TPSA) is 80.5 Å². The summed E-state index contributed by atoms with van der Waals surface area (Å²) in [6.07, 6.45) is 2.08. The van der Waals surface area contributed by atoms with Crippen molar-refractivity contribution < 1.29 is 14.1 Å². The van der Waals surface area contributed by atoms with Crippen molar-refractivity contribution in [3.63, 3.8) is 0 Å². The van der Waals surface area contributed by atoms with E-state index < -0.39 is 0 Å². The van der Waals surface area contributed by atoms with Gasteiger partial charge in [0.25, 0.3) is 0 Å². The molecule has 1 aliphatic rings. The second-order valence-corrected chi connectivity index (χ2v) is 5.88. The largest absolute Gasteiger partial charge is 0.378 e. The third kappa shape index (κ3) is 3.91. The molecule has 3 heterocycles. The Balaban J connectivity index is 1.52. The number of pyridine rings is 1. The van der Waals surface area contributed by atoms with Crippen LogP contribution in [0.1, 0.15) is 22.6 Å². The number of hydrogen-bond donors (Lipinski definition) is 1. The number of ether oxygens (including phenoxy) is 1. The smallest absolute Gasteiger partial charge is 0.224 e. The Hall–Kier alpha value is -2.41. The summed E-state index contributed by atoms with van der Waals surface area (Å²) in [7, 11) is 0. The Labute approximate surface area is 141 Å². The number of rotatable bonds is 5. The first-order chi connectivity index (χ1) is 11.6. The van der Waals surface area contributed by atoms with Crippen molar-refractivity contribution in [1.29, 1.82) is 0 Å². The Morgan fingerprint density at radius 3 is 2.71 bits per heavy atom. The zero-order chi connectivity index (χ0) is 16.9. The van der Waals surface area contributed by atoms with E-state index in [-0.39, 0.29) is 12.3 Å². The summed E-state index contributed by atoms with van der Waals surface area (Å²) in [5.74, 6) is 1.59. The van der Waals surface area contributed by atoms with E-state index in [4.69, 9.17) is 9.26 Å². The number of aryl methyl sites for hydroxylation is 2. The lowest BCUT2D eigenvalue weighted by Crippen LogP contribution is -2.36. The monoisotopic (exact) mass is 330 g/mol. The third-order valence-electron chi connectivity index (χ3n) is 4.15. The van der Waals surface area contributed by atoms with Gasteiger partial charge in [-0.25, -0.2) is 4.98 Å². The predicted octanol–water partition coefficient (Wildman–Crippen LogP) is 1.38. The molecule has 1 N–H and O–H groups in total. The number of nitrogens with zero attached hydrogens (tertiary/aromatic N) is 3. The molecule has 7 heteroatoms. The van der Waals surface area contributed by atoms with Crippen LogP contribution in [0.15, 0.2) is 22.9 Å². The number of aromatic nitrogens is 2. The molecule has 0 spiro atoms. The molecule has 0 bridgehead atoms. The third-order valence-corrected chi connectivity index (χ3v) is 4.15. The highest BCUT2D eigenvalue weighted by atomic mass is 16.5. The van der Waals surface area contributed by atoms with Crippen molar-refractivity contribution in [2.24, 2.45) is 0 Å². The van der Waals surface area contributed by atoms with Crippen LogP contribution in [0.2, 0.25) is 0 Å². The van der Waals surface area contributed by atoms with Gasteiger partial charge in [-0.1, -0.05) is 11.2 Å². The van der Waals surface area contributed by atoms with Crippen LogP contribution in [0.3, 0.4) is 0 Å². The molecule has 1 amide bonds. The van der Waals surface area contributed by atoms with Crippen molar-refractivity contribution in [2.45, 2.75) is 26.8 Å². The van der Waals surface area contributed by atoms with Crippen LogP contribution >= 0.6 is 0 Å². The number of carbonyl (C=O) groups is 1. The molecule has 0 aromatic carbocycles. The van der Waals surface area contributed by atoms with E-state index in [2.05, 4.69) is 20.4 Å². The number of amides is 1. The van der Waals surface area contributed by atoms with Gasteiger partial charge in [-0.2, -0.15) is 0 Å². The van der Waals surface area contributed by atoms with E-state index in [1.54, 1.807) is 6.20 Å². The number of hydrogen-bond acceptors (Lipinski definition) is 6. The first-order valence-electron chi connectivity index (χ1n) is 8.09. The number of nitrogens with one attached hydrogen (secondary N) is 1. The lowest BCUT2D eigenvalue weighted by Gasteiger charge is -2.27. The van der Waals surface area contributed by atoms with Gasteiger partial charge in [0.15, 0.2) is 0 Å². The highest BCUT2D eigenvalue weighted by Gasteiger charge is 2.14. The van der Waals surface area contributed by atoms with E-state index in [0.29, 0.717) is 12.3 Å². The molecule has 7 nitrogen and oxygen atoms in total. The Morgan fingerprint density at radius 1 is 1.29 bits per heavy atom. The molecule has 1 aliphatic heterocycles. The highest BCUT2D eigenvalue weighted by molar-refractivity contribution is 5.79. The summed E-state index contributed by atoms with van der Waals surface area (Å²) < 4.78 is 10.4. The van der Waals surface area contributed by atoms with E-state index in [1.807, 2.05) is 26.0 Å². The van der Waals surface area contributed by atoms with Gasteiger partial charge < -0.3 is 19.5 Å². The number of morpholine rings is 1. The Morgan fingerprint density at radius 2 is 2.08 bits per heavy atom. The van der Waals surface area contributed by atoms with Crippen molar-refractivity contribution in [2.75, 3.05) is 31.2 Å². The molecule has 2 aromatic heterocycles. The predicted molar refractivity (Wildman–Crippen MR) is 88.8 cm³/mol. The Bertz CT molecular complexity index is 671. The van der Waals surface area contributed by atoms with E-state index in [0.717, 1.165) is 48.9 Å². The minimum absolute atomic E-state index is 0.0540. The summed E-state index contributed by atoms with van der Waals surface area (Å²) in [4.78, 5) is 18.8. The molecule has 1 fully saturated rings. The van der Waals surface area contributed by atoms with Crippen LogP contribution < -0.4 is 10.2 Å². The number of anilines is 1. The van der Waals surface area contributed by atoms with E-state index >= 15 is 0 Å². The van der Waals surface area contributed by atoms with E-state index in [1.165, 1.54) is 0 Å².